The molecule has 1 aromatic heterocycles. The number of hydrogen-bond acceptors (Lipinski definition) is 3. The lowest BCUT2D eigenvalue weighted by atomic mass is 9.93. The number of hydrogen-bond donors (Lipinski definition) is 1. The molecule has 0 aliphatic heterocycles. The van der Waals surface area contributed by atoms with Crippen molar-refractivity contribution >= 4 is 15.9 Å². The van der Waals surface area contributed by atoms with Crippen LogP contribution >= 0.6 is 15.9 Å². The molecular weight excluding hydrogens is 316 g/mol. The maximum absolute atomic E-state index is 5.91. The molecule has 1 aromatic carbocycles. The minimum absolute atomic E-state index is 0.416. The minimum atomic E-state index is 0.416. The first-order valence-corrected chi connectivity index (χ1v) is 7.43. The van der Waals surface area contributed by atoms with Crippen LogP contribution in [0.15, 0.2) is 47.2 Å². The van der Waals surface area contributed by atoms with Crippen molar-refractivity contribution in [2.45, 2.75) is 12.8 Å². The molecule has 0 saturated heterocycles. The van der Waals surface area contributed by atoms with Crippen molar-refractivity contribution in [2.24, 2.45) is 11.7 Å². The van der Waals surface area contributed by atoms with Gasteiger partial charge in [-0.25, -0.2) is 0 Å². The number of nitrogens with zero attached hydrogens (tertiary/aromatic N) is 1. The number of halogens is 1. The van der Waals surface area contributed by atoms with Gasteiger partial charge < -0.3 is 10.5 Å². The van der Waals surface area contributed by atoms with Gasteiger partial charge in [0, 0.05) is 16.9 Å². The van der Waals surface area contributed by atoms with Crippen molar-refractivity contribution in [3.05, 3.63) is 58.3 Å². The number of aromatic nitrogens is 1. The SMILES string of the molecule is COc1ccc(CC(CN)Cc2cncc(Br)c2)cc1. The number of rotatable bonds is 6. The van der Waals surface area contributed by atoms with E-state index in [0.29, 0.717) is 12.5 Å². The highest BCUT2D eigenvalue weighted by Crippen LogP contribution is 2.18. The Balaban J connectivity index is 2.01. The molecule has 0 fully saturated rings. The van der Waals surface area contributed by atoms with Crippen LogP contribution in [-0.2, 0) is 12.8 Å². The molecule has 2 rings (SSSR count). The fraction of sp³-hybridized carbons (Fsp3) is 0.312. The summed E-state index contributed by atoms with van der Waals surface area (Å²) in [6.45, 7) is 0.665. The highest BCUT2D eigenvalue weighted by molar-refractivity contribution is 9.10. The molecule has 2 aromatic rings. The van der Waals surface area contributed by atoms with Gasteiger partial charge in [-0.3, -0.25) is 4.98 Å². The third-order valence-corrected chi connectivity index (χ3v) is 3.74. The van der Waals surface area contributed by atoms with E-state index in [9.17, 15) is 0 Å². The molecule has 1 atom stereocenters. The van der Waals surface area contributed by atoms with Crippen molar-refractivity contribution in [1.82, 2.24) is 4.98 Å². The van der Waals surface area contributed by atoms with Gasteiger partial charge in [-0.1, -0.05) is 12.1 Å². The summed E-state index contributed by atoms with van der Waals surface area (Å²) < 4.78 is 6.18. The van der Waals surface area contributed by atoms with Crippen molar-refractivity contribution in [3.63, 3.8) is 0 Å². The zero-order valence-corrected chi connectivity index (χ0v) is 13.1. The third-order valence-electron chi connectivity index (χ3n) is 3.30. The summed E-state index contributed by atoms with van der Waals surface area (Å²) >= 11 is 3.45. The predicted molar refractivity (Wildman–Crippen MR) is 84.9 cm³/mol. The molecule has 106 valence electrons. The van der Waals surface area contributed by atoms with E-state index >= 15 is 0 Å². The van der Waals surface area contributed by atoms with Crippen molar-refractivity contribution in [1.29, 1.82) is 0 Å². The predicted octanol–water partition coefficient (Wildman–Crippen LogP) is 3.21. The lowest BCUT2D eigenvalue weighted by Crippen LogP contribution is -2.19. The zero-order chi connectivity index (χ0) is 14.4. The number of methoxy groups -OCH3 is 1. The molecule has 20 heavy (non-hydrogen) atoms. The van der Waals surface area contributed by atoms with Crippen molar-refractivity contribution < 1.29 is 4.74 Å². The van der Waals surface area contributed by atoms with Crippen LogP contribution in [0.1, 0.15) is 11.1 Å². The Kier molecular flexibility index (Phi) is 5.56. The fourth-order valence-electron chi connectivity index (χ4n) is 2.23. The summed E-state index contributed by atoms with van der Waals surface area (Å²) in [6, 6.07) is 10.3. The summed E-state index contributed by atoms with van der Waals surface area (Å²) in [5.41, 5.74) is 8.40. The lowest BCUT2D eigenvalue weighted by Gasteiger charge is -2.15. The Morgan fingerprint density at radius 2 is 1.85 bits per heavy atom. The van der Waals surface area contributed by atoms with Crippen LogP contribution in [0.2, 0.25) is 0 Å². The van der Waals surface area contributed by atoms with Gasteiger partial charge in [0.1, 0.15) is 5.75 Å². The summed E-state index contributed by atoms with van der Waals surface area (Å²) in [4.78, 5) is 4.20. The second-order valence-corrected chi connectivity index (χ2v) is 5.79. The molecule has 0 aliphatic carbocycles. The van der Waals surface area contributed by atoms with Crippen LogP contribution in [0.25, 0.3) is 0 Å². The maximum atomic E-state index is 5.91. The number of ether oxygens (including phenoxy) is 1. The van der Waals surface area contributed by atoms with E-state index in [-0.39, 0.29) is 0 Å². The van der Waals surface area contributed by atoms with Crippen LogP contribution in [0, 0.1) is 5.92 Å². The average Bonchev–Trinajstić information content (AvgIpc) is 2.47. The Hall–Kier alpha value is -1.39. The molecule has 0 amide bonds. The first-order chi connectivity index (χ1) is 9.71. The molecule has 2 N–H and O–H groups in total. The monoisotopic (exact) mass is 334 g/mol. The zero-order valence-electron chi connectivity index (χ0n) is 11.6. The van der Waals surface area contributed by atoms with Gasteiger partial charge in [0.05, 0.1) is 7.11 Å². The first-order valence-electron chi connectivity index (χ1n) is 6.63. The normalized spacial score (nSPS) is 12.2. The second kappa shape index (κ2) is 7.41. The third kappa shape index (κ3) is 4.32. The van der Waals surface area contributed by atoms with E-state index in [1.54, 1.807) is 13.3 Å². The van der Waals surface area contributed by atoms with E-state index in [1.807, 2.05) is 18.3 Å². The van der Waals surface area contributed by atoms with Gasteiger partial charge in [0.2, 0.25) is 0 Å². The molecular formula is C16H19BrN2O. The quantitative estimate of drug-likeness (QED) is 0.882. The average molecular weight is 335 g/mol. The minimum Gasteiger partial charge on any atom is -0.497 e. The van der Waals surface area contributed by atoms with Gasteiger partial charge in [-0.15, -0.1) is 0 Å². The fourth-order valence-corrected chi connectivity index (χ4v) is 2.65. The van der Waals surface area contributed by atoms with Gasteiger partial charge >= 0.3 is 0 Å². The smallest absolute Gasteiger partial charge is 0.118 e. The van der Waals surface area contributed by atoms with Crippen LogP contribution in [0.5, 0.6) is 5.75 Å². The van der Waals surface area contributed by atoms with Crippen LogP contribution in [0.3, 0.4) is 0 Å². The molecule has 0 spiro atoms. The van der Waals surface area contributed by atoms with Crippen LogP contribution in [0.4, 0.5) is 0 Å². The summed E-state index contributed by atoms with van der Waals surface area (Å²) in [5, 5.41) is 0. The summed E-state index contributed by atoms with van der Waals surface area (Å²) in [6.07, 6.45) is 5.61. The van der Waals surface area contributed by atoms with Gasteiger partial charge in [0.15, 0.2) is 0 Å². The molecule has 0 radical (unpaired) electrons. The molecule has 0 saturated carbocycles. The topological polar surface area (TPSA) is 48.1 Å². The van der Waals surface area contributed by atoms with Gasteiger partial charge in [0.25, 0.3) is 0 Å². The van der Waals surface area contributed by atoms with E-state index in [0.717, 1.165) is 23.1 Å². The molecule has 4 heteroatoms. The van der Waals surface area contributed by atoms with E-state index in [2.05, 4.69) is 39.1 Å². The Bertz CT molecular complexity index is 542. The van der Waals surface area contributed by atoms with Crippen molar-refractivity contribution in [3.8, 4) is 5.75 Å². The Morgan fingerprint density at radius 1 is 1.15 bits per heavy atom. The highest BCUT2D eigenvalue weighted by atomic mass is 79.9. The Morgan fingerprint density at radius 3 is 2.45 bits per heavy atom. The molecule has 1 unspecified atom stereocenters. The number of pyridine rings is 1. The van der Waals surface area contributed by atoms with Gasteiger partial charge in [-0.2, -0.15) is 0 Å². The van der Waals surface area contributed by atoms with E-state index < -0.39 is 0 Å². The largest absolute Gasteiger partial charge is 0.497 e. The summed E-state index contributed by atoms with van der Waals surface area (Å²) in [7, 11) is 1.68. The lowest BCUT2D eigenvalue weighted by molar-refractivity contribution is 0.414. The van der Waals surface area contributed by atoms with E-state index in [4.69, 9.17) is 10.5 Å². The molecule has 1 heterocycles. The number of nitrogens with two attached hydrogens (primary N) is 1. The maximum Gasteiger partial charge on any atom is 0.118 e. The van der Waals surface area contributed by atoms with Crippen molar-refractivity contribution in [2.75, 3.05) is 13.7 Å². The molecule has 0 bridgehead atoms. The second-order valence-electron chi connectivity index (χ2n) is 4.87. The van der Waals surface area contributed by atoms with Crippen LogP contribution in [-0.4, -0.2) is 18.6 Å². The summed E-state index contributed by atoms with van der Waals surface area (Å²) in [5.74, 6) is 1.30. The standard InChI is InChI=1S/C16H19BrN2O/c1-20-16-4-2-12(3-5-16)6-13(9-18)7-14-8-15(17)11-19-10-14/h2-5,8,10-11,13H,6-7,9,18H2,1H3. The van der Waals surface area contributed by atoms with E-state index in [1.165, 1.54) is 11.1 Å². The first kappa shape index (κ1) is 15.0. The molecule has 0 aliphatic rings. The highest BCUT2D eigenvalue weighted by Gasteiger charge is 2.10. The number of benzene rings is 1. The van der Waals surface area contributed by atoms with Gasteiger partial charge in [-0.05, 0) is 70.6 Å². The molecule has 3 nitrogen and oxygen atoms in total. The van der Waals surface area contributed by atoms with Crippen LogP contribution < -0.4 is 10.5 Å². The Labute approximate surface area is 128 Å².